The first kappa shape index (κ1) is 27.6. The first-order valence-electron chi connectivity index (χ1n) is 8.04. The largest absolute Gasteiger partial charge is 1.00 e. The zero-order valence-corrected chi connectivity index (χ0v) is 20.1. The molecule has 0 fully saturated rings. The molecule has 0 bridgehead atoms. The minimum absolute atomic E-state index is 0. The molecule has 2 rings (SSSR count). The molecule has 0 radical (unpaired) electrons. The Balaban J connectivity index is 0. The van der Waals surface area contributed by atoms with E-state index in [1.165, 1.54) is 5.56 Å². The zero-order chi connectivity index (χ0) is 17.9. The maximum Gasteiger partial charge on any atom is 1.00 e. The van der Waals surface area contributed by atoms with Gasteiger partial charge >= 0.3 is 59.1 Å². The van der Waals surface area contributed by atoms with Crippen molar-refractivity contribution in [2.45, 2.75) is 39.5 Å². The molecule has 4 nitrogen and oxygen atoms in total. The quantitative estimate of drug-likeness (QED) is 0.479. The van der Waals surface area contributed by atoms with Gasteiger partial charge in [0.15, 0.2) is 0 Å². The van der Waals surface area contributed by atoms with Crippen molar-refractivity contribution in [2.75, 3.05) is 0 Å². The molecule has 0 aromatic heterocycles. The summed E-state index contributed by atoms with van der Waals surface area (Å²) in [6.07, 6.45) is 2.60. The average molecular weight is 372 g/mol. The Morgan fingerprint density at radius 1 is 0.731 bits per heavy atom. The van der Waals surface area contributed by atoms with Gasteiger partial charge in [-0.1, -0.05) is 62.4 Å². The third kappa shape index (κ3) is 11.2. The number of carbonyl (C=O) groups excluding carboxylic acids is 2. The van der Waals surface area contributed by atoms with Crippen molar-refractivity contribution in [3.05, 3.63) is 70.8 Å². The van der Waals surface area contributed by atoms with E-state index < -0.39 is 11.9 Å². The standard InChI is InChI=1S/C11H14O2.C9H10O2.2Na/c1-2-9-3-5-10(6-4-9)7-8-11(12)13;1-2-7-3-5-8(6-4-7)9(10)11;;/h3-6H,2,7-8H2,1H3,(H,12,13);3-6H,2H2,1H3,(H,10,11);;/q;;2*+1/p-2. The summed E-state index contributed by atoms with van der Waals surface area (Å²) < 4.78 is 0. The molecule has 0 atom stereocenters. The molecule has 0 aliphatic rings. The van der Waals surface area contributed by atoms with Crippen LogP contribution < -0.4 is 69.3 Å². The third-order valence-electron chi connectivity index (χ3n) is 3.65. The van der Waals surface area contributed by atoms with E-state index >= 15 is 0 Å². The van der Waals surface area contributed by atoms with Crippen molar-refractivity contribution < 1.29 is 78.9 Å². The fourth-order valence-corrected chi connectivity index (χ4v) is 2.06. The number of hydrogen-bond donors (Lipinski definition) is 0. The van der Waals surface area contributed by atoms with Gasteiger partial charge in [0.2, 0.25) is 0 Å². The molecule has 0 unspecified atom stereocenters. The number of carbonyl (C=O) groups is 2. The van der Waals surface area contributed by atoms with Gasteiger partial charge in [0.25, 0.3) is 0 Å². The minimum atomic E-state index is -1.12. The summed E-state index contributed by atoms with van der Waals surface area (Å²) in [6, 6.07) is 14.7. The summed E-state index contributed by atoms with van der Waals surface area (Å²) in [5, 5.41) is 20.5. The van der Waals surface area contributed by atoms with Crippen LogP contribution in [0.3, 0.4) is 0 Å². The topological polar surface area (TPSA) is 80.3 Å². The van der Waals surface area contributed by atoms with Gasteiger partial charge in [0, 0.05) is 5.97 Å². The maximum absolute atomic E-state index is 10.3. The molecule has 0 saturated carbocycles. The first-order chi connectivity index (χ1) is 11.5. The molecule has 0 spiro atoms. The average Bonchev–Trinajstić information content (AvgIpc) is 2.61. The van der Waals surface area contributed by atoms with Gasteiger partial charge < -0.3 is 19.8 Å². The number of benzene rings is 2. The van der Waals surface area contributed by atoms with E-state index in [1.807, 2.05) is 31.2 Å². The molecule has 128 valence electrons. The Hall–Kier alpha value is -0.620. The van der Waals surface area contributed by atoms with Crippen molar-refractivity contribution in [3.8, 4) is 0 Å². The van der Waals surface area contributed by atoms with Crippen molar-refractivity contribution in [3.63, 3.8) is 0 Å². The number of aromatic carboxylic acids is 1. The number of carboxylic acid groups (broad SMARTS) is 2. The third-order valence-corrected chi connectivity index (χ3v) is 3.65. The molecular formula is C20H22Na2O4. The van der Waals surface area contributed by atoms with Gasteiger partial charge in [-0.15, -0.1) is 0 Å². The predicted molar refractivity (Wildman–Crippen MR) is 89.3 cm³/mol. The normalized spacial score (nSPS) is 9.00. The number of rotatable bonds is 6. The van der Waals surface area contributed by atoms with Gasteiger partial charge in [0.1, 0.15) is 0 Å². The van der Waals surface area contributed by atoms with E-state index in [0.29, 0.717) is 6.42 Å². The summed E-state index contributed by atoms with van der Waals surface area (Å²) in [7, 11) is 0. The molecule has 0 amide bonds. The van der Waals surface area contributed by atoms with Crippen LogP contribution >= 0.6 is 0 Å². The zero-order valence-electron chi connectivity index (χ0n) is 16.1. The van der Waals surface area contributed by atoms with E-state index in [9.17, 15) is 19.8 Å². The summed E-state index contributed by atoms with van der Waals surface area (Å²) >= 11 is 0. The van der Waals surface area contributed by atoms with Crippen molar-refractivity contribution in [1.82, 2.24) is 0 Å². The molecule has 2 aromatic carbocycles. The number of carboxylic acids is 2. The van der Waals surface area contributed by atoms with Crippen molar-refractivity contribution in [1.29, 1.82) is 0 Å². The fourth-order valence-electron chi connectivity index (χ4n) is 2.06. The van der Waals surface area contributed by atoms with Crippen molar-refractivity contribution >= 4 is 11.9 Å². The number of hydrogen-bond acceptors (Lipinski definition) is 4. The summed E-state index contributed by atoms with van der Waals surface area (Å²) in [5.41, 5.74) is 3.70. The van der Waals surface area contributed by atoms with Crippen molar-refractivity contribution in [2.24, 2.45) is 0 Å². The summed E-state index contributed by atoms with van der Waals surface area (Å²) in [4.78, 5) is 20.5. The van der Waals surface area contributed by atoms with Gasteiger partial charge in [-0.25, -0.2) is 0 Å². The molecule has 0 aliphatic heterocycles. The number of aliphatic carboxylic acids is 1. The van der Waals surface area contributed by atoms with Gasteiger partial charge in [-0.2, -0.15) is 0 Å². The second kappa shape index (κ2) is 15.4. The minimum Gasteiger partial charge on any atom is -0.550 e. The SMILES string of the molecule is CCc1ccc(C(=O)[O-])cc1.CCc1ccc(CCC(=O)[O-])cc1.[Na+].[Na+]. The molecule has 0 N–H and O–H groups in total. The van der Waals surface area contributed by atoms with E-state index in [2.05, 4.69) is 6.92 Å². The maximum atomic E-state index is 10.3. The van der Waals surface area contributed by atoms with Crippen LogP contribution in [0.15, 0.2) is 48.5 Å². The summed E-state index contributed by atoms with van der Waals surface area (Å²) in [6.45, 7) is 4.12. The van der Waals surface area contributed by atoms with E-state index in [-0.39, 0.29) is 71.1 Å². The van der Waals surface area contributed by atoms with Crippen LogP contribution in [0.4, 0.5) is 0 Å². The Morgan fingerprint density at radius 3 is 1.46 bits per heavy atom. The fraction of sp³-hybridized carbons (Fsp3) is 0.300. The molecule has 6 heteroatoms. The van der Waals surface area contributed by atoms with Crippen LogP contribution in [-0.4, -0.2) is 11.9 Å². The van der Waals surface area contributed by atoms with Crippen LogP contribution in [-0.2, 0) is 24.1 Å². The van der Waals surface area contributed by atoms with Crippen LogP contribution in [0, 0.1) is 0 Å². The van der Waals surface area contributed by atoms with Crippen LogP contribution in [0.25, 0.3) is 0 Å². The Labute approximate surface area is 199 Å². The Morgan fingerprint density at radius 2 is 1.12 bits per heavy atom. The smallest absolute Gasteiger partial charge is 0.550 e. The van der Waals surface area contributed by atoms with Crippen LogP contribution in [0.5, 0.6) is 0 Å². The molecular weight excluding hydrogens is 350 g/mol. The van der Waals surface area contributed by atoms with Crippen LogP contribution in [0.2, 0.25) is 0 Å². The first-order valence-corrected chi connectivity index (χ1v) is 8.04. The van der Waals surface area contributed by atoms with E-state index in [4.69, 9.17) is 0 Å². The van der Waals surface area contributed by atoms with Crippen LogP contribution in [0.1, 0.15) is 47.3 Å². The van der Waals surface area contributed by atoms with E-state index in [1.54, 1.807) is 24.3 Å². The Kier molecular flexibility index (Phi) is 16.4. The molecule has 0 heterocycles. The van der Waals surface area contributed by atoms with Gasteiger partial charge in [-0.05, 0) is 47.9 Å². The molecule has 2 aromatic rings. The number of aryl methyl sites for hydroxylation is 3. The molecule has 26 heavy (non-hydrogen) atoms. The Bertz CT molecular complexity index is 653. The summed E-state index contributed by atoms with van der Waals surface area (Å²) in [5.74, 6) is -2.10. The molecule has 0 saturated heterocycles. The second-order valence-corrected chi connectivity index (χ2v) is 5.38. The second-order valence-electron chi connectivity index (χ2n) is 5.38. The monoisotopic (exact) mass is 372 g/mol. The predicted octanol–water partition coefficient (Wildman–Crippen LogP) is -4.45. The molecule has 0 aliphatic carbocycles. The van der Waals surface area contributed by atoms with Gasteiger partial charge in [0.05, 0.1) is 5.97 Å². The van der Waals surface area contributed by atoms with Gasteiger partial charge in [-0.3, -0.25) is 0 Å². The van der Waals surface area contributed by atoms with E-state index in [0.717, 1.165) is 24.0 Å².